The van der Waals surface area contributed by atoms with Crippen LogP contribution in [0.25, 0.3) is 0 Å². The standard InChI is InChI=1S/C20H42O4S/c1-2-3-4-5-6-7-8-9-10-11-12-13-14-15-16-20(19-21)17-18-25(22,23)24/h20-21H,2-19H2,1H3,(H,22,23,24). The Bertz CT molecular complexity index is 368. The number of unbranched alkanes of at least 4 members (excludes halogenated alkanes) is 13. The molecular formula is C20H42O4S. The molecule has 0 saturated carbocycles. The van der Waals surface area contributed by atoms with Crippen molar-refractivity contribution in [3.63, 3.8) is 0 Å². The highest BCUT2D eigenvalue weighted by Crippen LogP contribution is 2.17. The molecular weight excluding hydrogens is 336 g/mol. The van der Waals surface area contributed by atoms with Crippen molar-refractivity contribution in [2.75, 3.05) is 12.4 Å². The fraction of sp³-hybridized carbons (Fsp3) is 1.00. The molecule has 0 bridgehead atoms. The van der Waals surface area contributed by atoms with E-state index in [4.69, 9.17) is 4.55 Å². The molecule has 0 spiro atoms. The van der Waals surface area contributed by atoms with Crippen LogP contribution in [0.15, 0.2) is 0 Å². The van der Waals surface area contributed by atoms with Gasteiger partial charge in [0, 0.05) is 6.61 Å². The number of hydrogen-bond acceptors (Lipinski definition) is 3. The van der Waals surface area contributed by atoms with Gasteiger partial charge < -0.3 is 5.11 Å². The predicted octanol–water partition coefficient (Wildman–Crippen LogP) is 5.74. The maximum atomic E-state index is 10.7. The molecule has 0 aromatic heterocycles. The van der Waals surface area contributed by atoms with Crippen molar-refractivity contribution in [3.8, 4) is 0 Å². The minimum absolute atomic E-state index is 0.000693. The maximum absolute atomic E-state index is 10.7. The molecule has 0 radical (unpaired) electrons. The monoisotopic (exact) mass is 378 g/mol. The Kier molecular flexibility index (Phi) is 17.2. The topological polar surface area (TPSA) is 74.6 Å². The summed E-state index contributed by atoms with van der Waals surface area (Å²) in [6.07, 6.45) is 19.7. The van der Waals surface area contributed by atoms with Crippen LogP contribution in [0.3, 0.4) is 0 Å². The molecule has 0 saturated heterocycles. The minimum Gasteiger partial charge on any atom is -0.396 e. The van der Waals surface area contributed by atoms with Crippen LogP contribution in [0.1, 0.15) is 110 Å². The van der Waals surface area contributed by atoms with Gasteiger partial charge in [0.2, 0.25) is 0 Å². The van der Waals surface area contributed by atoms with Gasteiger partial charge in [-0.3, -0.25) is 4.55 Å². The molecule has 1 atom stereocenters. The normalized spacial score (nSPS) is 13.2. The second-order valence-electron chi connectivity index (χ2n) is 7.51. The third-order valence-electron chi connectivity index (χ3n) is 5.01. The van der Waals surface area contributed by atoms with E-state index in [1.54, 1.807) is 0 Å². The first kappa shape index (κ1) is 24.9. The maximum Gasteiger partial charge on any atom is 0.264 e. The summed E-state index contributed by atoms with van der Waals surface area (Å²) in [5.41, 5.74) is 0. The van der Waals surface area contributed by atoms with E-state index in [1.807, 2.05) is 0 Å². The SMILES string of the molecule is CCCCCCCCCCCCCCCCC(CO)CCS(=O)(=O)O. The first-order chi connectivity index (χ1) is 12.0. The lowest BCUT2D eigenvalue weighted by atomic mass is 9.98. The molecule has 5 heteroatoms. The summed E-state index contributed by atoms with van der Waals surface area (Å²) in [6.45, 7) is 2.27. The lowest BCUT2D eigenvalue weighted by Gasteiger charge is -2.12. The Balaban J connectivity index is 3.29. The highest BCUT2D eigenvalue weighted by molar-refractivity contribution is 7.85. The van der Waals surface area contributed by atoms with Gasteiger partial charge in [0.15, 0.2) is 0 Å². The summed E-state index contributed by atoms with van der Waals surface area (Å²) in [4.78, 5) is 0. The number of rotatable bonds is 19. The van der Waals surface area contributed by atoms with E-state index in [0.29, 0.717) is 6.42 Å². The molecule has 0 aliphatic heterocycles. The molecule has 0 aromatic rings. The molecule has 0 fully saturated rings. The molecule has 4 nitrogen and oxygen atoms in total. The van der Waals surface area contributed by atoms with Crippen molar-refractivity contribution in [2.24, 2.45) is 5.92 Å². The lowest BCUT2D eigenvalue weighted by Crippen LogP contribution is -2.13. The van der Waals surface area contributed by atoms with Crippen molar-refractivity contribution in [2.45, 2.75) is 110 Å². The Morgan fingerprint density at radius 2 is 1.08 bits per heavy atom. The van der Waals surface area contributed by atoms with E-state index >= 15 is 0 Å². The van der Waals surface area contributed by atoms with Crippen LogP contribution in [-0.2, 0) is 10.1 Å². The second kappa shape index (κ2) is 17.3. The van der Waals surface area contributed by atoms with E-state index in [0.717, 1.165) is 19.3 Å². The molecule has 0 heterocycles. The van der Waals surface area contributed by atoms with Gasteiger partial charge in [-0.05, 0) is 18.8 Å². The van der Waals surface area contributed by atoms with Gasteiger partial charge in [-0.1, -0.05) is 96.8 Å². The fourth-order valence-electron chi connectivity index (χ4n) is 3.27. The zero-order chi connectivity index (χ0) is 18.8. The lowest BCUT2D eigenvalue weighted by molar-refractivity contribution is 0.211. The summed E-state index contributed by atoms with van der Waals surface area (Å²) in [7, 11) is -3.90. The van der Waals surface area contributed by atoms with Crippen molar-refractivity contribution >= 4 is 10.1 Å². The van der Waals surface area contributed by atoms with Crippen molar-refractivity contribution in [1.82, 2.24) is 0 Å². The fourth-order valence-corrected chi connectivity index (χ4v) is 3.90. The summed E-state index contributed by atoms with van der Waals surface area (Å²) < 4.78 is 30.2. The molecule has 0 aliphatic rings. The average Bonchev–Trinajstić information content (AvgIpc) is 2.57. The summed E-state index contributed by atoms with van der Waals surface area (Å²) in [6, 6.07) is 0. The van der Waals surface area contributed by atoms with Crippen LogP contribution >= 0.6 is 0 Å². The van der Waals surface area contributed by atoms with E-state index in [9.17, 15) is 13.5 Å². The highest BCUT2D eigenvalue weighted by Gasteiger charge is 2.12. The Morgan fingerprint density at radius 1 is 0.680 bits per heavy atom. The molecule has 152 valence electrons. The van der Waals surface area contributed by atoms with Crippen molar-refractivity contribution < 1.29 is 18.1 Å². The molecule has 0 rings (SSSR count). The summed E-state index contributed by atoms with van der Waals surface area (Å²) in [5.74, 6) is -0.240. The quantitative estimate of drug-likeness (QED) is 0.222. The largest absolute Gasteiger partial charge is 0.396 e. The van der Waals surface area contributed by atoms with Gasteiger partial charge >= 0.3 is 0 Å². The number of aliphatic hydroxyl groups is 1. The average molecular weight is 379 g/mol. The smallest absolute Gasteiger partial charge is 0.264 e. The first-order valence-electron chi connectivity index (χ1n) is 10.6. The van der Waals surface area contributed by atoms with Crippen molar-refractivity contribution in [1.29, 1.82) is 0 Å². The van der Waals surface area contributed by atoms with Crippen LogP contribution in [0, 0.1) is 5.92 Å². The van der Waals surface area contributed by atoms with Crippen LogP contribution < -0.4 is 0 Å². The molecule has 25 heavy (non-hydrogen) atoms. The Hall–Kier alpha value is -0.130. The van der Waals surface area contributed by atoms with Crippen LogP contribution in [-0.4, -0.2) is 30.4 Å². The molecule has 0 amide bonds. The van der Waals surface area contributed by atoms with Crippen LogP contribution in [0.2, 0.25) is 0 Å². The van der Waals surface area contributed by atoms with Crippen LogP contribution in [0.4, 0.5) is 0 Å². The summed E-state index contributed by atoms with van der Waals surface area (Å²) >= 11 is 0. The zero-order valence-electron chi connectivity index (χ0n) is 16.4. The molecule has 1 unspecified atom stereocenters. The van der Waals surface area contributed by atoms with Crippen molar-refractivity contribution in [3.05, 3.63) is 0 Å². The zero-order valence-corrected chi connectivity index (χ0v) is 17.2. The Morgan fingerprint density at radius 3 is 1.44 bits per heavy atom. The number of hydrogen-bond donors (Lipinski definition) is 2. The van der Waals surface area contributed by atoms with Gasteiger partial charge in [-0.2, -0.15) is 8.42 Å². The second-order valence-corrected chi connectivity index (χ2v) is 9.08. The van der Waals surface area contributed by atoms with Gasteiger partial charge in [-0.25, -0.2) is 0 Å². The van der Waals surface area contributed by atoms with Gasteiger partial charge in [0.25, 0.3) is 10.1 Å². The number of aliphatic hydroxyl groups excluding tert-OH is 1. The van der Waals surface area contributed by atoms with Crippen LogP contribution in [0.5, 0.6) is 0 Å². The third kappa shape index (κ3) is 20.0. The van der Waals surface area contributed by atoms with E-state index < -0.39 is 10.1 Å². The van der Waals surface area contributed by atoms with Gasteiger partial charge in [0.05, 0.1) is 5.75 Å². The van der Waals surface area contributed by atoms with E-state index in [1.165, 1.54) is 77.0 Å². The molecule has 0 aromatic carbocycles. The summed E-state index contributed by atoms with van der Waals surface area (Å²) in [5, 5.41) is 9.25. The molecule has 0 aliphatic carbocycles. The highest BCUT2D eigenvalue weighted by atomic mass is 32.2. The van der Waals surface area contributed by atoms with Gasteiger partial charge in [-0.15, -0.1) is 0 Å². The Labute approximate surface area is 156 Å². The van der Waals surface area contributed by atoms with E-state index in [2.05, 4.69) is 6.92 Å². The van der Waals surface area contributed by atoms with Gasteiger partial charge in [0.1, 0.15) is 0 Å². The molecule has 2 N–H and O–H groups in total. The first-order valence-corrected chi connectivity index (χ1v) is 12.2. The third-order valence-corrected chi connectivity index (χ3v) is 5.76. The van der Waals surface area contributed by atoms with E-state index in [-0.39, 0.29) is 18.3 Å². The predicted molar refractivity (Wildman–Crippen MR) is 107 cm³/mol. The minimum atomic E-state index is -3.90.